The number of hydrogen-bond donors (Lipinski definition) is 1. The van der Waals surface area contributed by atoms with Crippen molar-refractivity contribution in [1.82, 2.24) is 10.1 Å². The summed E-state index contributed by atoms with van der Waals surface area (Å²) in [5.41, 5.74) is 0.805. The van der Waals surface area contributed by atoms with Crippen LogP contribution in [0.4, 0.5) is 20.6 Å². The number of cyclic esters (lactones) is 1. The first-order valence-electron chi connectivity index (χ1n) is 11.9. The summed E-state index contributed by atoms with van der Waals surface area (Å²) in [6, 6.07) is 6.18. The molecule has 2 fully saturated rings. The van der Waals surface area contributed by atoms with E-state index < -0.39 is 24.1 Å². The van der Waals surface area contributed by atoms with Gasteiger partial charge in [0.1, 0.15) is 31.3 Å². The molecule has 1 unspecified atom stereocenters. The molecule has 0 radical (unpaired) electrons. The van der Waals surface area contributed by atoms with Crippen molar-refractivity contribution in [2.24, 2.45) is 0 Å². The summed E-state index contributed by atoms with van der Waals surface area (Å²) in [6.07, 6.45) is -0.345. The average Bonchev–Trinajstić information content (AvgIpc) is 3.46. The van der Waals surface area contributed by atoms with Crippen LogP contribution in [0.1, 0.15) is 6.42 Å². The number of aromatic nitrogens is 1. The van der Waals surface area contributed by atoms with Crippen LogP contribution in [0.25, 0.3) is 0 Å². The Morgan fingerprint density at radius 1 is 1.25 bits per heavy atom. The van der Waals surface area contributed by atoms with Crippen LogP contribution in [-0.4, -0.2) is 111 Å². The topological polar surface area (TPSA) is 109 Å². The molecule has 1 aromatic heterocycles. The molecule has 1 N–H and O–H groups in total. The van der Waals surface area contributed by atoms with Crippen molar-refractivity contribution >= 4 is 23.4 Å². The molecule has 1 aromatic carbocycles. The quantitative estimate of drug-likeness (QED) is 0.508. The van der Waals surface area contributed by atoms with Gasteiger partial charge in [0.25, 0.3) is 5.88 Å². The fourth-order valence-electron chi connectivity index (χ4n) is 4.42. The van der Waals surface area contributed by atoms with Gasteiger partial charge >= 0.3 is 6.09 Å². The lowest BCUT2D eigenvalue weighted by atomic mass is 10.1. The van der Waals surface area contributed by atoms with Crippen molar-refractivity contribution in [3.8, 4) is 5.88 Å². The van der Waals surface area contributed by atoms with Crippen molar-refractivity contribution in [2.45, 2.75) is 18.6 Å². The number of carbonyl (C=O) groups is 2. The van der Waals surface area contributed by atoms with E-state index in [2.05, 4.69) is 5.16 Å². The van der Waals surface area contributed by atoms with Crippen molar-refractivity contribution in [1.29, 1.82) is 0 Å². The first kappa shape index (κ1) is 25.7. The summed E-state index contributed by atoms with van der Waals surface area (Å²) in [5, 5.41) is 13.8. The minimum Gasteiger partial charge on any atom is -0.471 e. The number of rotatable bonds is 9. The van der Waals surface area contributed by atoms with Gasteiger partial charge in [0, 0.05) is 32.2 Å². The number of hydrogen-bond acceptors (Lipinski definition) is 8. The second-order valence-electron chi connectivity index (χ2n) is 10.1. The Bertz CT molecular complexity index is 1050. The molecule has 0 saturated carbocycles. The number of amides is 2. The number of quaternary nitrogens is 1. The molecule has 0 spiro atoms. The number of carbonyl (C=O) groups excluding carboxylic acids is 2. The summed E-state index contributed by atoms with van der Waals surface area (Å²) in [4.78, 5) is 29.8. The lowest BCUT2D eigenvalue weighted by molar-refractivity contribution is -0.873. The zero-order valence-electron chi connectivity index (χ0n) is 20.8. The van der Waals surface area contributed by atoms with Crippen molar-refractivity contribution in [3.05, 3.63) is 36.3 Å². The van der Waals surface area contributed by atoms with Gasteiger partial charge < -0.3 is 33.4 Å². The van der Waals surface area contributed by atoms with Crippen molar-refractivity contribution in [2.75, 3.05) is 76.8 Å². The van der Waals surface area contributed by atoms with E-state index in [1.807, 2.05) is 26.0 Å². The third-order valence-corrected chi connectivity index (χ3v) is 6.09. The maximum atomic E-state index is 15.1. The minimum atomic E-state index is -0.703. The highest BCUT2D eigenvalue weighted by Gasteiger charge is 2.34. The smallest absolute Gasteiger partial charge is 0.414 e. The number of halogens is 1. The van der Waals surface area contributed by atoms with Gasteiger partial charge in [-0.1, -0.05) is 0 Å². The maximum absolute atomic E-state index is 15.1. The number of aliphatic hydroxyl groups is 1. The minimum absolute atomic E-state index is 0.0785. The van der Waals surface area contributed by atoms with E-state index >= 15 is 4.39 Å². The number of ether oxygens (including phenoxy) is 2. The molecule has 196 valence electrons. The predicted molar refractivity (Wildman–Crippen MR) is 128 cm³/mol. The van der Waals surface area contributed by atoms with Gasteiger partial charge in [0.2, 0.25) is 5.91 Å². The van der Waals surface area contributed by atoms with Gasteiger partial charge in [-0.25, -0.2) is 9.18 Å². The molecule has 2 aliphatic heterocycles. The predicted octanol–water partition coefficient (Wildman–Crippen LogP) is 1.32. The van der Waals surface area contributed by atoms with E-state index in [0.717, 1.165) is 0 Å². The van der Waals surface area contributed by atoms with Gasteiger partial charge in [0.05, 0.1) is 45.5 Å². The van der Waals surface area contributed by atoms with Crippen LogP contribution in [-0.2, 0) is 9.53 Å². The third kappa shape index (κ3) is 6.43. The van der Waals surface area contributed by atoms with E-state index in [4.69, 9.17) is 14.0 Å². The van der Waals surface area contributed by atoms with E-state index in [9.17, 15) is 14.7 Å². The van der Waals surface area contributed by atoms with Gasteiger partial charge in [-0.15, -0.1) is 0 Å². The van der Waals surface area contributed by atoms with Crippen LogP contribution in [0.2, 0.25) is 0 Å². The molecule has 2 aromatic rings. The summed E-state index contributed by atoms with van der Waals surface area (Å²) in [5.74, 6) is -0.260. The Morgan fingerprint density at radius 3 is 2.64 bits per heavy atom. The standard InChI is InChI=1S/C24H33FN5O6/c1-30(2,3)15-18(31)13-23(32)28-9-7-27(8-10-28)21-5-4-17(12-20(21)25)29-14-19(36-24(29)33)16-34-22-6-11-35-26-22/h4-6,11-12,18-19,31H,7-10,13-16H2,1-3H3/q+1/t18-,19?/m1/s1. The summed E-state index contributed by atoms with van der Waals surface area (Å²) < 4.78 is 31.1. The van der Waals surface area contributed by atoms with Gasteiger partial charge in [0.15, 0.2) is 6.10 Å². The molecule has 3 heterocycles. The second kappa shape index (κ2) is 10.7. The molecular weight excluding hydrogens is 473 g/mol. The molecule has 2 amide bonds. The third-order valence-electron chi connectivity index (χ3n) is 6.09. The number of likely N-dealkylation sites (N-methyl/N-ethyl adjacent to an activating group) is 1. The second-order valence-corrected chi connectivity index (χ2v) is 10.1. The Kier molecular flexibility index (Phi) is 7.65. The number of aliphatic hydroxyl groups excluding tert-OH is 1. The van der Waals surface area contributed by atoms with Crippen LogP contribution in [0, 0.1) is 5.82 Å². The van der Waals surface area contributed by atoms with Crippen LogP contribution >= 0.6 is 0 Å². The molecule has 0 bridgehead atoms. The van der Waals surface area contributed by atoms with E-state index in [0.29, 0.717) is 54.5 Å². The van der Waals surface area contributed by atoms with Crippen molar-refractivity contribution < 1.29 is 37.6 Å². The highest BCUT2D eigenvalue weighted by atomic mass is 19.1. The lowest BCUT2D eigenvalue weighted by Gasteiger charge is -2.37. The lowest BCUT2D eigenvalue weighted by Crippen LogP contribution is -2.50. The van der Waals surface area contributed by atoms with Gasteiger partial charge in [-0.05, 0) is 23.4 Å². The van der Waals surface area contributed by atoms with Crippen LogP contribution in [0.5, 0.6) is 5.88 Å². The zero-order valence-corrected chi connectivity index (χ0v) is 20.8. The SMILES string of the molecule is C[N+](C)(C)C[C@H](O)CC(=O)N1CCN(c2ccc(N3CC(COc4ccon4)OC3=O)cc2F)CC1. The highest BCUT2D eigenvalue weighted by Crippen LogP contribution is 2.29. The summed E-state index contributed by atoms with van der Waals surface area (Å²) in [7, 11) is 5.89. The molecule has 36 heavy (non-hydrogen) atoms. The fraction of sp³-hybridized carbons (Fsp3) is 0.542. The van der Waals surface area contributed by atoms with Gasteiger partial charge in [-0.2, -0.15) is 0 Å². The molecule has 2 saturated heterocycles. The largest absolute Gasteiger partial charge is 0.471 e. The van der Waals surface area contributed by atoms with E-state index in [1.54, 1.807) is 23.1 Å². The maximum Gasteiger partial charge on any atom is 0.414 e. The molecular formula is C24H33FN5O6+. The number of benzene rings is 1. The molecule has 2 atom stereocenters. The first-order valence-corrected chi connectivity index (χ1v) is 11.9. The van der Waals surface area contributed by atoms with Crippen LogP contribution in [0.3, 0.4) is 0 Å². The number of anilines is 2. The Morgan fingerprint density at radius 2 is 2.00 bits per heavy atom. The van der Waals surface area contributed by atoms with E-state index in [-0.39, 0.29) is 25.5 Å². The van der Waals surface area contributed by atoms with Crippen molar-refractivity contribution in [3.63, 3.8) is 0 Å². The Labute approximate surface area is 209 Å². The molecule has 2 aliphatic rings. The first-order chi connectivity index (χ1) is 17.1. The fourth-order valence-corrected chi connectivity index (χ4v) is 4.42. The Balaban J connectivity index is 1.29. The summed E-state index contributed by atoms with van der Waals surface area (Å²) >= 11 is 0. The average molecular weight is 507 g/mol. The number of nitrogens with zero attached hydrogens (tertiary/aromatic N) is 5. The molecule has 11 nitrogen and oxygen atoms in total. The molecule has 12 heteroatoms. The Hall–Kier alpha value is -3.38. The number of piperazine rings is 1. The van der Waals surface area contributed by atoms with E-state index in [1.165, 1.54) is 17.2 Å². The zero-order chi connectivity index (χ0) is 25.9. The van der Waals surface area contributed by atoms with Crippen LogP contribution < -0.4 is 14.5 Å². The molecule has 0 aliphatic carbocycles. The normalized spacial score (nSPS) is 19.4. The highest BCUT2D eigenvalue weighted by molar-refractivity contribution is 5.90. The van der Waals surface area contributed by atoms with Crippen LogP contribution in [0.15, 0.2) is 35.1 Å². The monoisotopic (exact) mass is 506 g/mol. The summed E-state index contributed by atoms with van der Waals surface area (Å²) in [6.45, 7) is 2.65. The molecule has 4 rings (SSSR count). The van der Waals surface area contributed by atoms with Gasteiger partial charge in [-0.3, -0.25) is 9.69 Å².